The minimum Gasteiger partial charge on any atom is -0.435 e. The zero-order valence-corrected chi connectivity index (χ0v) is 18.5. The monoisotopic (exact) mass is 494 g/mol. The van der Waals surface area contributed by atoms with Gasteiger partial charge in [0.05, 0.1) is 21.3 Å². The summed E-state index contributed by atoms with van der Waals surface area (Å²) in [6.45, 7) is -1.12. The molecule has 1 aromatic heterocycles. The Morgan fingerprint density at radius 3 is 2.58 bits per heavy atom. The van der Waals surface area contributed by atoms with Gasteiger partial charge in [0.15, 0.2) is 5.13 Å². The fraction of sp³-hybridized carbons (Fsp3) is 0.150. The molecule has 2 aromatic carbocycles. The van der Waals surface area contributed by atoms with Gasteiger partial charge in [0.2, 0.25) is 11.8 Å². The number of nitro benzene ring substituents is 1. The molecule has 3 aromatic rings. The number of benzene rings is 2. The van der Waals surface area contributed by atoms with Crippen LogP contribution in [0.3, 0.4) is 0 Å². The molecule has 2 amide bonds. The second kappa shape index (κ2) is 10.4. The SMILES string of the molecule is Cc1sc(NC(=O)CSc2ccc(C(N)=O)cc2[N+](=O)[O-])nc1-c1ccc(OC(F)F)cc1. The number of hydrogen-bond donors (Lipinski definition) is 2. The van der Waals surface area contributed by atoms with Crippen LogP contribution in [0.5, 0.6) is 5.75 Å². The number of aryl methyl sites for hydroxylation is 1. The van der Waals surface area contributed by atoms with Crippen LogP contribution in [0.25, 0.3) is 11.3 Å². The number of nitro groups is 1. The number of anilines is 1. The normalized spacial score (nSPS) is 10.8. The lowest BCUT2D eigenvalue weighted by molar-refractivity contribution is -0.387. The Morgan fingerprint density at radius 1 is 1.27 bits per heavy atom. The summed E-state index contributed by atoms with van der Waals surface area (Å²) in [5.41, 5.74) is 6.05. The number of hydrogen-bond acceptors (Lipinski definition) is 8. The highest BCUT2D eigenvalue weighted by atomic mass is 32.2. The van der Waals surface area contributed by atoms with Crippen LogP contribution in [0, 0.1) is 17.0 Å². The van der Waals surface area contributed by atoms with Gasteiger partial charge >= 0.3 is 6.61 Å². The lowest BCUT2D eigenvalue weighted by atomic mass is 10.1. The molecule has 0 fully saturated rings. The fourth-order valence-corrected chi connectivity index (χ4v) is 4.40. The zero-order chi connectivity index (χ0) is 24.1. The first-order chi connectivity index (χ1) is 15.6. The third kappa shape index (κ3) is 6.23. The highest BCUT2D eigenvalue weighted by molar-refractivity contribution is 8.00. The van der Waals surface area contributed by atoms with Crippen molar-refractivity contribution >= 4 is 45.7 Å². The Kier molecular flexibility index (Phi) is 7.55. The van der Waals surface area contributed by atoms with Crippen LogP contribution in [0.1, 0.15) is 15.2 Å². The van der Waals surface area contributed by atoms with E-state index in [9.17, 15) is 28.5 Å². The van der Waals surface area contributed by atoms with Gasteiger partial charge in [-0.2, -0.15) is 8.78 Å². The molecule has 9 nitrogen and oxygen atoms in total. The highest BCUT2D eigenvalue weighted by Crippen LogP contribution is 2.33. The summed E-state index contributed by atoms with van der Waals surface area (Å²) in [6.07, 6.45) is 0. The van der Waals surface area contributed by atoms with Gasteiger partial charge in [-0.3, -0.25) is 19.7 Å². The summed E-state index contributed by atoms with van der Waals surface area (Å²) in [6, 6.07) is 9.73. The Hall–Kier alpha value is -3.58. The van der Waals surface area contributed by atoms with Crippen molar-refractivity contribution in [1.29, 1.82) is 0 Å². The predicted octanol–water partition coefficient (Wildman–Crippen LogP) is 4.46. The van der Waals surface area contributed by atoms with Crippen LogP contribution in [-0.4, -0.2) is 34.1 Å². The van der Waals surface area contributed by atoms with Gasteiger partial charge in [-0.15, -0.1) is 23.1 Å². The quantitative estimate of drug-likeness (QED) is 0.254. The molecule has 0 unspecified atom stereocenters. The summed E-state index contributed by atoms with van der Waals surface area (Å²) >= 11 is 2.16. The number of ether oxygens (including phenoxy) is 1. The molecular formula is C20H16F2N4O5S2. The molecule has 33 heavy (non-hydrogen) atoms. The smallest absolute Gasteiger partial charge is 0.387 e. The Bertz CT molecular complexity index is 1200. The van der Waals surface area contributed by atoms with E-state index in [4.69, 9.17) is 5.73 Å². The molecule has 0 saturated heterocycles. The summed E-state index contributed by atoms with van der Waals surface area (Å²) in [4.78, 5) is 39.6. The van der Waals surface area contributed by atoms with Gasteiger partial charge in [0, 0.05) is 22.1 Å². The second-order valence-electron chi connectivity index (χ2n) is 6.47. The number of carbonyl (C=O) groups excluding carboxylic acids is 2. The number of carbonyl (C=O) groups is 2. The van der Waals surface area contributed by atoms with Crippen molar-refractivity contribution < 1.29 is 28.0 Å². The summed E-state index contributed by atoms with van der Waals surface area (Å²) < 4.78 is 28.9. The number of nitrogens with one attached hydrogen (secondary N) is 1. The number of rotatable bonds is 9. The van der Waals surface area contributed by atoms with E-state index in [0.717, 1.165) is 22.7 Å². The third-order valence-electron chi connectivity index (χ3n) is 4.19. The molecule has 0 aliphatic carbocycles. The number of alkyl halides is 2. The Labute approximate surface area is 194 Å². The maximum absolute atomic E-state index is 12.3. The van der Waals surface area contributed by atoms with Gasteiger partial charge in [0.1, 0.15) is 5.75 Å². The van der Waals surface area contributed by atoms with E-state index in [0.29, 0.717) is 16.4 Å². The third-order valence-corrected chi connectivity index (χ3v) is 6.14. The lowest BCUT2D eigenvalue weighted by Gasteiger charge is -2.05. The van der Waals surface area contributed by atoms with E-state index in [-0.39, 0.29) is 27.6 Å². The zero-order valence-electron chi connectivity index (χ0n) is 16.9. The van der Waals surface area contributed by atoms with Crippen molar-refractivity contribution in [3.8, 4) is 17.0 Å². The van der Waals surface area contributed by atoms with Crippen LogP contribution in [0.2, 0.25) is 0 Å². The number of thiazole rings is 1. The van der Waals surface area contributed by atoms with E-state index in [1.165, 1.54) is 35.6 Å². The molecule has 1 heterocycles. The van der Waals surface area contributed by atoms with E-state index in [2.05, 4.69) is 15.0 Å². The van der Waals surface area contributed by atoms with Crippen LogP contribution >= 0.6 is 23.1 Å². The molecule has 0 saturated carbocycles. The van der Waals surface area contributed by atoms with Gasteiger partial charge < -0.3 is 15.8 Å². The minimum absolute atomic E-state index is 0.00454. The minimum atomic E-state index is -2.92. The van der Waals surface area contributed by atoms with Crippen LogP contribution in [-0.2, 0) is 4.79 Å². The van der Waals surface area contributed by atoms with E-state index in [1.807, 2.05) is 0 Å². The van der Waals surface area contributed by atoms with E-state index < -0.39 is 23.3 Å². The first-order valence-electron chi connectivity index (χ1n) is 9.17. The number of thioether (sulfide) groups is 1. The first kappa shape index (κ1) is 24.1. The van der Waals surface area contributed by atoms with Gasteiger partial charge in [-0.05, 0) is 43.3 Å². The molecule has 0 spiro atoms. The second-order valence-corrected chi connectivity index (χ2v) is 8.69. The maximum atomic E-state index is 12.3. The van der Waals surface area contributed by atoms with Crippen LogP contribution < -0.4 is 15.8 Å². The van der Waals surface area contributed by atoms with Crippen molar-refractivity contribution in [3.63, 3.8) is 0 Å². The number of halogens is 2. The first-order valence-corrected chi connectivity index (χ1v) is 11.0. The summed E-state index contributed by atoms with van der Waals surface area (Å²) in [7, 11) is 0. The largest absolute Gasteiger partial charge is 0.435 e. The molecule has 3 N–H and O–H groups in total. The number of aromatic nitrogens is 1. The van der Waals surface area contributed by atoms with Crippen molar-refractivity contribution in [2.24, 2.45) is 5.73 Å². The topological polar surface area (TPSA) is 137 Å². The molecule has 0 aliphatic heterocycles. The molecule has 0 bridgehead atoms. The van der Waals surface area contributed by atoms with Crippen molar-refractivity contribution in [2.45, 2.75) is 18.4 Å². The fourth-order valence-electron chi connectivity index (χ4n) is 2.75. The molecular weight excluding hydrogens is 478 g/mol. The number of nitrogens with zero attached hydrogens (tertiary/aromatic N) is 2. The predicted molar refractivity (Wildman–Crippen MR) is 120 cm³/mol. The average molecular weight is 495 g/mol. The molecule has 172 valence electrons. The number of nitrogens with two attached hydrogens (primary N) is 1. The standard InChI is InChI=1S/C20H16F2N4O5S2/c1-10-17(11-2-5-13(6-3-11)31-19(21)22)25-20(33-10)24-16(27)9-32-15-7-4-12(18(23)28)8-14(15)26(29)30/h2-8,19H,9H2,1H3,(H2,23,28)(H,24,25,27). The van der Waals surface area contributed by atoms with Crippen LogP contribution in [0.4, 0.5) is 19.6 Å². The van der Waals surface area contributed by atoms with Gasteiger partial charge in [-0.25, -0.2) is 4.98 Å². The van der Waals surface area contributed by atoms with E-state index in [1.54, 1.807) is 19.1 Å². The van der Waals surface area contributed by atoms with Crippen molar-refractivity contribution in [1.82, 2.24) is 4.98 Å². The van der Waals surface area contributed by atoms with Crippen molar-refractivity contribution in [2.75, 3.05) is 11.1 Å². The summed E-state index contributed by atoms with van der Waals surface area (Å²) in [5.74, 6) is -1.34. The molecule has 0 atom stereocenters. The summed E-state index contributed by atoms with van der Waals surface area (Å²) in [5, 5.41) is 14.2. The highest BCUT2D eigenvalue weighted by Gasteiger charge is 2.19. The van der Waals surface area contributed by atoms with Crippen LogP contribution in [0.15, 0.2) is 47.4 Å². The lowest BCUT2D eigenvalue weighted by Crippen LogP contribution is -2.14. The Balaban J connectivity index is 1.66. The average Bonchev–Trinajstić information content (AvgIpc) is 3.11. The maximum Gasteiger partial charge on any atom is 0.387 e. The van der Waals surface area contributed by atoms with E-state index >= 15 is 0 Å². The molecule has 3 rings (SSSR count). The molecule has 0 aliphatic rings. The molecule has 13 heteroatoms. The number of primary amides is 1. The van der Waals surface area contributed by atoms with Gasteiger partial charge in [0.25, 0.3) is 5.69 Å². The number of amides is 2. The van der Waals surface area contributed by atoms with Gasteiger partial charge in [-0.1, -0.05) is 0 Å². The Morgan fingerprint density at radius 2 is 1.97 bits per heavy atom. The molecule has 0 radical (unpaired) electrons. The van der Waals surface area contributed by atoms with Crippen molar-refractivity contribution in [3.05, 3.63) is 63.0 Å².